The Morgan fingerprint density at radius 2 is 1.61 bits per heavy atom. The molecule has 0 aliphatic carbocycles. The van der Waals surface area contributed by atoms with Gasteiger partial charge in [0, 0.05) is 20.8 Å². The van der Waals surface area contributed by atoms with E-state index in [9.17, 15) is 9.59 Å². The van der Waals surface area contributed by atoms with Gasteiger partial charge in [-0.1, -0.05) is 47.5 Å². The molecule has 0 radical (unpaired) electrons. The quantitative estimate of drug-likeness (QED) is 0.314. The van der Waals surface area contributed by atoms with E-state index >= 15 is 0 Å². The lowest BCUT2D eigenvalue weighted by molar-refractivity contribution is -0.119. The van der Waals surface area contributed by atoms with Gasteiger partial charge in [-0.15, -0.1) is 11.3 Å². The van der Waals surface area contributed by atoms with Crippen molar-refractivity contribution in [1.29, 1.82) is 0 Å². The molecule has 31 heavy (non-hydrogen) atoms. The standard InChI is InChI=1S/C23H15Cl2NO4S/c24-14-6-11-18-19(12-14)31-22(21(18)25)23(28)29-13-20(27)26-15-7-9-17(10-8-15)30-16-4-2-1-3-5-16/h1-12H,13H2,(H,26,27). The molecule has 0 unspecified atom stereocenters. The van der Waals surface area contributed by atoms with Crippen molar-refractivity contribution in [3.63, 3.8) is 0 Å². The van der Waals surface area contributed by atoms with Gasteiger partial charge in [-0.3, -0.25) is 4.79 Å². The monoisotopic (exact) mass is 471 g/mol. The molecule has 0 atom stereocenters. The Morgan fingerprint density at radius 1 is 0.903 bits per heavy atom. The lowest BCUT2D eigenvalue weighted by Crippen LogP contribution is -2.20. The third-order valence-electron chi connectivity index (χ3n) is 4.23. The van der Waals surface area contributed by atoms with Crippen molar-refractivity contribution >= 4 is 62.2 Å². The van der Waals surface area contributed by atoms with Gasteiger partial charge < -0.3 is 14.8 Å². The summed E-state index contributed by atoms with van der Waals surface area (Å²) in [6.07, 6.45) is 0. The highest BCUT2D eigenvalue weighted by Crippen LogP contribution is 2.37. The van der Waals surface area contributed by atoms with Crippen LogP contribution in [0.2, 0.25) is 10.0 Å². The van der Waals surface area contributed by atoms with Crippen LogP contribution in [0.5, 0.6) is 11.5 Å². The first-order valence-corrected chi connectivity index (χ1v) is 10.7. The Bertz CT molecular complexity index is 1240. The van der Waals surface area contributed by atoms with E-state index < -0.39 is 18.5 Å². The van der Waals surface area contributed by atoms with Gasteiger partial charge in [0.15, 0.2) is 6.61 Å². The van der Waals surface area contributed by atoms with E-state index in [0.29, 0.717) is 27.6 Å². The number of ether oxygens (including phenoxy) is 2. The van der Waals surface area contributed by atoms with Crippen LogP contribution in [-0.2, 0) is 9.53 Å². The summed E-state index contributed by atoms with van der Waals surface area (Å²) in [5, 5.41) is 4.22. The zero-order chi connectivity index (χ0) is 21.8. The molecule has 0 saturated carbocycles. The van der Waals surface area contributed by atoms with Gasteiger partial charge in [0.2, 0.25) is 0 Å². The van der Waals surface area contributed by atoms with Crippen LogP contribution in [-0.4, -0.2) is 18.5 Å². The van der Waals surface area contributed by atoms with Gasteiger partial charge in [-0.2, -0.15) is 0 Å². The second-order valence-corrected chi connectivity index (χ2v) is 8.32. The normalized spacial score (nSPS) is 10.6. The second kappa shape index (κ2) is 9.39. The molecule has 3 aromatic carbocycles. The van der Waals surface area contributed by atoms with Crippen LogP contribution in [0.4, 0.5) is 5.69 Å². The van der Waals surface area contributed by atoms with Crippen LogP contribution >= 0.6 is 34.5 Å². The predicted octanol–water partition coefficient (Wildman–Crippen LogP) is 6.80. The summed E-state index contributed by atoms with van der Waals surface area (Å²) >= 11 is 13.4. The third-order valence-corrected chi connectivity index (χ3v) is 6.10. The molecular weight excluding hydrogens is 457 g/mol. The lowest BCUT2D eigenvalue weighted by Gasteiger charge is -2.08. The third kappa shape index (κ3) is 5.17. The molecule has 0 spiro atoms. The van der Waals surface area contributed by atoms with E-state index in [2.05, 4.69) is 5.32 Å². The Hall–Kier alpha value is -3.06. The van der Waals surface area contributed by atoms with Crippen molar-refractivity contribution in [3.05, 3.63) is 87.7 Å². The fourth-order valence-electron chi connectivity index (χ4n) is 2.79. The lowest BCUT2D eigenvalue weighted by atomic mass is 10.2. The molecule has 0 aliphatic heterocycles. The Morgan fingerprint density at radius 3 is 2.35 bits per heavy atom. The van der Waals surface area contributed by atoms with Crippen LogP contribution < -0.4 is 10.1 Å². The molecule has 1 amide bonds. The number of esters is 1. The van der Waals surface area contributed by atoms with E-state index in [1.54, 1.807) is 42.5 Å². The molecule has 8 heteroatoms. The highest BCUT2D eigenvalue weighted by atomic mass is 35.5. The van der Waals surface area contributed by atoms with Crippen molar-refractivity contribution in [2.45, 2.75) is 0 Å². The SMILES string of the molecule is O=C(COC(=O)c1sc2cc(Cl)ccc2c1Cl)Nc1ccc(Oc2ccccc2)cc1. The molecule has 4 rings (SSSR count). The van der Waals surface area contributed by atoms with E-state index in [1.165, 1.54) is 11.3 Å². The van der Waals surface area contributed by atoms with Crippen molar-refractivity contribution in [3.8, 4) is 11.5 Å². The fourth-order valence-corrected chi connectivity index (χ4v) is 4.47. The maximum Gasteiger partial charge on any atom is 0.350 e. The topological polar surface area (TPSA) is 64.6 Å². The number of fused-ring (bicyclic) bond motifs is 1. The first-order valence-electron chi connectivity index (χ1n) is 9.17. The molecule has 0 fully saturated rings. The molecule has 0 aliphatic rings. The van der Waals surface area contributed by atoms with Crippen LogP contribution in [0.15, 0.2) is 72.8 Å². The summed E-state index contributed by atoms with van der Waals surface area (Å²) in [4.78, 5) is 24.8. The van der Waals surface area contributed by atoms with E-state index in [1.807, 2.05) is 30.3 Å². The zero-order valence-electron chi connectivity index (χ0n) is 15.9. The van der Waals surface area contributed by atoms with E-state index in [4.69, 9.17) is 32.7 Å². The Labute approximate surface area is 192 Å². The summed E-state index contributed by atoms with van der Waals surface area (Å²) in [6, 6.07) is 21.4. The van der Waals surface area contributed by atoms with Crippen molar-refractivity contribution < 1.29 is 19.1 Å². The zero-order valence-corrected chi connectivity index (χ0v) is 18.3. The van der Waals surface area contributed by atoms with E-state index in [0.717, 1.165) is 4.70 Å². The molecule has 1 aromatic heterocycles. The Balaban J connectivity index is 1.33. The number of amides is 1. The first kappa shape index (κ1) is 21.2. The van der Waals surface area contributed by atoms with Crippen LogP contribution in [0.3, 0.4) is 0 Å². The predicted molar refractivity (Wildman–Crippen MR) is 124 cm³/mol. The van der Waals surface area contributed by atoms with E-state index in [-0.39, 0.29) is 9.90 Å². The van der Waals surface area contributed by atoms with Crippen LogP contribution in [0.25, 0.3) is 10.1 Å². The number of hydrogen-bond acceptors (Lipinski definition) is 5. The van der Waals surface area contributed by atoms with Gasteiger partial charge >= 0.3 is 5.97 Å². The highest BCUT2D eigenvalue weighted by molar-refractivity contribution is 7.21. The summed E-state index contributed by atoms with van der Waals surface area (Å²) in [5.41, 5.74) is 0.552. The number of rotatable bonds is 6. The number of thiophene rings is 1. The summed E-state index contributed by atoms with van der Waals surface area (Å²) in [6.45, 7) is -0.438. The molecular formula is C23H15Cl2NO4S. The van der Waals surface area contributed by atoms with Gasteiger partial charge in [-0.05, 0) is 48.5 Å². The smallest absolute Gasteiger partial charge is 0.350 e. The molecule has 5 nitrogen and oxygen atoms in total. The molecule has 1 heterocycles. The largest absolute Gasteiger partial charge is 0.457 e. The number of halogens is 2. The highest BCUT2D eigenvalue weighted by Gasteiger charge is 2.19. The number of anilines is 1. The van der Waals surface area contributed by atoms with Gasteiger partial charge in [0.05, 0.1) is 5.02 Å². The second-order valence-electron chi connectivity index (χ2n) is 6.45. The minimum Gasteiger partial charge on any atom is -0.457 e. The Kier molecular flexibility index (Phi) is 6.42. The van der Waals surface area contributed by atoms with Crippen LogP contribution in [0, 0.1) is 0 Å². The molecule has 1 N–H and O–H groups in total. The van der Waals surface area contributed by atoms with Gasteiger partial charge in [0.25, 0.3) is 5.91 Å². The number of benzene rings is 3. The number of carbonyl (C=O) groups excluding carboxylic acids is 2. The number of carbonyl (C=O) groups is 2. The number of hydrogen-bond donors (Lipinski definition) is 1. The maximum absolute atomic E-state index is 12.4. The average molecular weight is 472 g/mol. The molecule has 4 aromatic rings. The minimum absolute atomic E-state index is 0.231. The summed E-state index contributed by atoms with van der Waals surface area (Å²) < 4.78 is 11.6. The minimum atomic E-state index is -0.663. The van der Waals surface area contributed by atoms with Gasteiger partial charge in [-0.25, -0.2) is 4.79 Å². The van der Waals surface area contributed by atoms with Crippen molar-refractivity contribution in [2.24, 2.45) is 0 Å². The number of nitrogens with one attached hydrogen (secondary N) is 1. The average Bonchev–Trinajstić information content (AvgIpc) is 3.10. The van der Waals surface area contributed by atoms with Crippen molar-refractivity contribution in [1.82, 2.24) is 0 Å². The van der Waals surface area contributed by atoms with Crippen LogP contribution in [0.1, 0.15) is 9.67 Å². The maximum atomic E-state index is 12.4. The molecule has 0 saturated heterocycles. The summed E-state index contributed by atoms with van der Waals surface area (Å²) in [7, 11) is 0. The van der Waals surface area contributed by atoms with Crippen molar-refractivity contribution in [2.75, 3.05) is 11.9 Å². The molecule has 156 valence electrons. The molecule has 0 bridgehead atoms. The number of para-hydroxylation sites is 1. The van der Waals surface area contributed by atoms with Gasteiger partial charge in [0.1, 0.15) is 16.4 Å². The first-order chi connectivity index (χ1) is 15.0. The summed E-state index contributed by atoms with van der Waals surface area (Å²) in [5.74, 6) is 0.220. The fraction of sp³-hybridized carbons (Fsp3) is 0.0435.